The molecule has 33 heavy (non-hydrogen) atoms. The lowest BCUT2D eigenvalue weighted by molar-refractivity contribution is -0.134. The lowest BCUT2D eigenvalue weighted by Gasteiger charge is -2.44. The monoisotopic (exact) mass is 462 g/mol. The molecule has 0 bridgehead atoms. The molecule has 0 N–H and O–H groups in total. The zero-order valence-electron chi connectivity index (χ0n) is 19.0. The number of carbonyl (C=O) groups is 1. The van der Waals surface area contributed by atoms with Crippen molar-refractivity contribution in [2.75, 3.05) is 19.4 Å². The molecule has 1 aliphatic heterocycles. The molecule has 1 saturated carbocycles. The molecule has 0 radical (unpaired) electrons. The second kappa shape index (κ2) is 10.00. The van der Waals surface area contributed by atoms with E-state index < -0.39 is 0 Å². The highest BCUT2D eigenvalue weighted by atomic mass is 32.2. The Labute approximate surface area is 199 Å². The number of hydrogen-bond donors (Lipinski definition) is 0. The fourth-order valence-electron chi connectivity index (χ4n) is 5.27. The standard InChI is InChI=1S/C26H30N4O2S/c1-32-22-14-7-10-20(17-22)25-27-28-26(30(25)21-12-3-2-4-13-21)33-18-24(31)29-16-8-11-19-9-5-6-15-23(19)29/h2-4,7,10,12-14,17,19,23H,5-6,8-9,11,15-16,18H2,1H3. The van der Waals surface area contributed by atoms with Gasteiger partial charge >= 0.3 is 0 Å². The summed E-state index contributed by atoms with van der Waals surface area (Å²) in [6.45, 7) is 0.890. The molecule has 7 heteroatoms. The van der Waals surface area contributed by atoms with Crippen molar-refractivity contribution in [3.05, 3.63) is 54.6 Å². The predicted molar refractivity (Wildman–Crippen MR) is 131 cm³/mol. The maximum atomic E-state index is 13.3. The first kappa shape index (κ1) is 22.0. The van der Waals surface area contributed by atoms with Gasteiger partial charge in [0.2, 0.25) is 5.91 Å². The van der Waals surface area contributed by atoms with Gasteiger partial charge in [-0.05, 0) is 55.9 Å². The minimum absolute atomic E-state index is 0.224. The van der Waals surface area contributed by atoms with Crippen LogP contribution in [0.3, 0.4) is 0 Å². The Bertz CT molecular complexity index is 1100. The van der Waals surface area contributed by atoms with E-state index >= 15 is 0 Å². The summed E-state index contributed by atoms with van der Waals surface area (Å²) >= 11 is 1.48. The van der Waals surface area contributed by atoms with Gasteiger partial charge in [0.25, 0.3) is 0 Å². The van der Waals surface area contributed by atoms with Crippen molar-refractivity contribution < 1.29 is 9.53 Å². The molecule has 2 fully saturated rings. The Hall–Kier alpha value is -2.80. The van der Waals surface area contributed by atoms with E-state index in [1.165, 1.54) is 37.4 Å². The maximum Gasteiger partial charge on any atom is 0.233 e. The number of ether oxygens (including phenoxy) is 1. The number of benzene rings is 2. The van der Waals surface area contributed by atoms with Gasteiger partial charge in [0.15, 0.2) is 11.0 Å². The second-order valence-electron chi connectivity index (χ2n) is 8.84. The summed E-state index contributed by atoms with van der Waals surface area (Å²) in [6, 6.07) is 18.3. The number of amides is 1. The van der Waals surface area contributed by atoms with Crippen LogP contribution in [0.15, 0.2) is 59.8 Å². The maximum absolute atomic E-state index is 13.3. The number of nitrogens with zero attached hydrogens (tertiary/aromatic N) is 4. The summed E-state index contributed by atoms with van der Waals surface area (Å²) in [5.74, 6) is 2.80. The molecule has 1 saturated heterocycles. The Morgan fingerprint density at radius 2 is 1.85 bits per heavy atom. The summed E-state index contributed by atoms with van der Waals surface area (Å²) in [6.07, 6.45) is 7.37. The van der Waals surface area contributed by atoms with Crippen molar-refractivity contribution in [1.82, 2.24) is 19.7 Å². The van der Waals surface area contributed by atoms with E-state index in [4.69, 9.17) is 4.74 Å². The van der Waals surface area contributed by atoms with Crippen LogP contribution < -0.4 is 4.74 Å². The van der Waals surface area contributed by atoms with Crippen molar-refractivity contribution in [2.24, 2.45) is 5.92 Å². The average Bonchev–Trinajstić information content (AvgIpc) is 3.31. The van der Waals surface area contributed by atoms with E-state index in [0.717, 1.165) is 47.4 Å². The van der Waals surface area contributed by atoms with Gasteiger partial charge in [-0.25, -0.2) is 0 Å². The SMILES string of the molecule is COc1cccc(-c2nnc(SCC(=O)N3CCCC4CCCCC43)n2-c2ccccc2)c1. The van der Waals surface area contributed by atoms with Crippen molar-refractivity contribution >= 4 is 17.7 Å². The van der Waals surface area contributed by atoms with Crippen LogP contribution in [0.5, 0.6) is 5.75 Å². The number of aromatic nitrogens is 3. The van der Waals surface area contributed by atoms with Crippen LogP contribution in [0.4, 0.5) is 0 Å². The van der Waals surface area contributed by atoms with Gasteiger partial charge in [-0.2, -0.15) is 0 Å². The lowest BCUT2D eigenvalue weighted by atomic mass is 9.78. The number of piperidine rings is 1. The minimum Gasteiger partial charge on any atom is -0.497 e. The Balaban J connectivity index is 1.40. The van der Waals surface area contributed by atoms with Gasteiger partial charge in [0.1, 0.15) is 5.75 Å². The van der Waals surface area contributed by atoms with E-state index in [1.807, 2.05) is 59.2 Å². The molecule has 1 aromatic heterocycles. The number of methoxy groups -OCH3 is 1. The summed E-state index contributed by atoms with van der Waals surface area (Å²) in [7, 11) is 1.66. The zero-order chi connectivity index (χ0) is 22.6. The van der Waals surface area contributed by atoms with E-state index in [1.54, 1.807) is 7.11 Å². The van der Waals surface area contributed by atoms with Crippen LogP contribution in [0.1, 0.15) is 38.5 Å². The van der Waals surface area contributed by atoms with Crippen LogP contribution in [0, 0.1) is 5.92 Å². The fraction of sp³-hybridized carbons (Fsp3) is 0.423. The quantitative estimate of drug-likeness (QED) is 0.470. The second-order valence-corrected chi connectivity index (χ2v) is 9.78. The smallest absolute Gasteiger partial charge is 0.233 e. The molecule has 2 heterocycles. The third-order valence-electron chi connectivity index (χ3n) is 6.86. The van der Waals surface area contributed by atoms with Crippen molar-refractivity contribution in [2.45, 2.75) is 49.7 Å². The molecule has 5 rings (SSSR count). The first-order valence-electron chi connectivity index (χ1n) is 11.8. The number of para-hydroxylation sites is 1. The number of likely N-dealkylation sites (tertiary alicyclic amines) is 1. The molecule has 172 valence electrons. The summed E-state index contributed by atoms with van der Waals surface area (Å²) in [4.78, 5) is 15.4. The highest BCUT2D eigenvalue weighted by Crippen LogP contribution is 2.36. The number of fused-ring (bicyclic) bond motifs is 1. The van der Waals surface area contributed by atoms with Gasteiger partial charge in [-0.3, -0.25) is 9.36 Å². The number of hydrogen-bond acceptors (Lipinski definition) is 5. The highest BCUT2D eigenvalue weighted by molar-refractivity contribution is 7.99. The topological polar surface area (TPSA) is 60.3 Å². The van der Waals surface area contributed by atoms with Crippen molar-refractivity contribution in [3.8, 4) is 22.8 Å². The molecule has 3 aromatic rings. The molecule has 2 unspecified atom stereocenters. The molecule has 0 spiro atoms. The van der Waals surface area contributed by atoms with Gasteiger partial charge in [0.05, 0.1) is 12.9 Å². The van der Waals surface area contributed by atoms with Crippen LogP contribution in [-0.2, 0) is 4.79 Å². The van der Waals surface area contributed by atoms with E-state index in [9.17, 15) is 4.79 Å². The molecule has 2 aromatic carbocycles. The van der Waals surface area contributed by atoms with Crippen LogP contribution >= 0.6 is 11.8 Å². The van der Waals surface area contributed by atoms with Crippen molar-refractivity contribution in [1.29, 1.82) is 0 Å². The Morgan fingerprint density at radius 1 is 1.03 bits per heavy atom. The largest absolute Gasteiger partial charge is 0.497 e. The summed E-state index contributed by atoms with van der Waals surface area (Å²) < 4.78 is 7.44. The van der Waals surface area contributed by atoms with Crippen LogP contribution in [-0.4, -0.2) is 51.0 Å². The molecule has 2 aliphatic rings. The lowest BCUT2D eigenvalue weighted by Crippen LogP contribution is -2.50. The predicted octanol–water partition coefficient (Wildman–Crippen LogP) is 5.22. The van der Waals surface area contributed by atoms with E-state index in [0.29, 0.717) is 17.7 Å². The van der Waals surface area contributed by atoms with Gasteiger partial charge in [-0.1, -0.05) is 54.9 Å². The van der Waals surface area contributed by atoms with Crippen LogP contribution in [0.2, 0.25) is 0 Å². The molecular weight excluding hydrogens is 432 g/mol. The van der Waals surface area contributed by atoms with E-state index in [2.05, 4.69) is 15.1 Å². The van der Waals surface area contributed by atoms with Gasteiger partial charge in [-0.15, -0.1) is 10.2 Å². The van der Waals surface area contributed by atoms with Gasteiger partial charge in [0, 0.05) is 23.8 Å². The summed E-state index contributed by atoms with van der Waals surface area (Å²) in [5.41, 5.74) is 1.89. The first-order chi connectivity index (χ1) is 16.2. The van der Waals surface area contributed by atoms with Crippen LogP contribution in [0.25, 0.3) is 17.1 Å². The number of carbonyl (C=O) groups excluding carboxylic acids is 1. The Kier molecular flexibility index (Phi) is 6.67. The molecule has 2 atom stereocenters. The van der Waals surface area contributed by atoms with Gasteiger partial charge < -0.3 is 9.64 Å². The number of thioether (sulfide) groups is 1. The fourth-order valence-corrected chi connectivity index (χ4v) is 6.10. The Morgan fingerprint density at radius 3 is 2.70 bits per heavy atom. The molecule has 1 amide bonds. The molecular formula is C26H30N4O2S. The first-order valence-corrected chi connectivity index (χ1v) is 12.8. The van der Waals surface area contributed by atoms with E-state index in [-0.39, 0.29) is 5.91 Å². The molecule has 6 nitrogen and oxygen atoms in total. The minimum atomic E-state index is 0.224. The average molecular weight is 463 g/mol. The van der Waals surface area contributed by atoms with Crippen molar-refractivity contribution in [3.63, 3.8) is 0 Å². The normalized spacial score (nSPS) is 20.3. The highest BCUT2D eigenvalue weighted by Gasteiger charge is 2.35. The molecule has 1 aliphatic carbocycles. The third kappa shape index (κ3) is 4.64. The zero-order valence-corrected chi connectivity index (χ0v) is 19.8. The number of rotatable bonds is 6. The third-order valence-corrected chi connectivity index (χ3v) is 7.78. The summed E-state index contributed by atoms with van der Waals surface area (Å²) in [5, 5.41) is 9.72.